The standard InChI is InChI=1S/C28H25N/c1-28(2)17-15-25-24-14-13-22(19-21-9-5-3-6-10-21)20-27(24)29(26(25)16-18-28)23-11-7-4-8-12-23/h3-18,20H,19H2,1-2H3. The van der Waals surface area contributed by atoms with Crippen molar-refractivity contribution >= 4 is 23.1 Å². The third-order valence-electron chi connectivity index (χ3n) is 5.73. The largest absolute Gasteiger partial charge is 0.309 e. The molecule has 1 aromatic heterocycles. The third-order valence-corrected chi connectivity index (χ3v) is 5.73. The molecule has 0 fully saturated rings. The van der Waals surface area contributed by atoms with Gasteiger partial charge < -0.3 is 4.57 Å². The van der Waals surface area contributed by atoms with E-state index in [1.54, 1.807) is 0 Å². The SMILES string of the molecule is CC1(C)C=Cc2c(n(-c3ccccc3)c3cc(Cc4ccccc4)ccc23)C=C1. The highest BCUT2D eigenvalue weighted by molar-refractivity contribution is 5.96. The molecular weight excluding hydrogens is 350 g/mol. The molecule has 1 aliphatic carbocycles. The van der Waals surface area contributed by atoms with Gasteiger partial charge in [-0.15, -0.1) is 0 Å². The molecule has 1 aliphatic rings. The summed E-state index contributed by atoms with van der Waals surface area (Å²) in [4.78, 5) is 0. The molecule has 0 aliphatic heterocycles. The molecule has 142 valence electrons. The van der Waals surface area contributed by atoms with E-state index in [0.717, 1.165) is 6.42 Å². The van der Waals surface area contributed by atoms with Crippen molar-refractivity contribution in [3.8, 4) is 5.69 Å². The van der Waals surface area contributed by atoms with Gasteiger partial charge in [0.15, 0.2) is 0 Å². The number of hydrogen-bond donors (Lipinski definition) is 0. The van der Waals surface area contributed by atoms with Crippen LogP contribution < -0.4 is 0 Å². The van der Waals surface area contributed by atoms with E-state index >= 15 is 0 Å². The number of para-hydroxylation sites is 1. The molecule has 0 bridgehead atoms. The fourth-order valence-electron chi connectivity index (χ4n) is 4.16. The number of rotatable bonds is 3. The van der Waals surface area contributed by atoms with Gasteiger partial charge >= 0.3 is 0 Å². The van der Waals surface area contributed by atoms with Gasteiger partial charge in [0.2, 0.25) is 0 Å². The van der Waals surface area contributed by atoms with Gasteiger partial charge in [0.05, 0.1) is 11.2 Å². The van der Waals surface area contributed by atoms with Gasteiger partial charge in [-0.2, -0.15) is 0 Å². The lowest BCUT2D eigenvalue weighted by molar-refractivity contribution is 0.633. The zero-order chi connectivity index (χ0) is 19.8. The van der Waals surface area contributed by atoms with Gasteiger partial charge in [-0.3, -0.25) is 0 Å². The van der Waals surface area contributed by atoms with E-state index < -0.39 is 0 Å². The lowest BCUT2D eigenvalue weighted by Crippen LogP contribution is -2.01. The third kappa shape index (κ3) is 3.34. The molecule has 1 heterocycles. The van der Waals surface area contributed by atoms with Crippen LogP contribution in [0.25, 0.3) is 28.7 Å². The van der Waals surface area contributed by atoms with Gasteiger partial charge in [-0.25, -0.2) is 0 Å². The zero-order valence-corrected chi connectivity index (χ0v) is 17.0. The van der Waals surface area contributed by atoms with Crippen LogP contribution in [0, 0.1) is 5.41 Å². The average molecular weight is 376 g/mol. The molecular formula is C28H25N. The molecule has 3 aromatic carbocycles. The molecule has 0 saturated heterocycles. The van der Waals surface area contributed by atoms with Crippen LogP contribution in [-0.4, -0.2) is 4.57 Å². The fraction of sp³-hybridized carbons (Fsp3) is 0.143. The van der Waals surface area contributed by atoms with Gasteiger partial charge in [0.25, 0.3) is 0 Å². The summed E-state index contributed by atoms with van der Waals surface area (Å²) in [5, 5.41) is 1.30. The predicted octanol–water partition coefficient (Wildman–Crippen LogP) is 7.29. The average Bonchev–Trinajstić information content (AvgIpc) is 2.95. The fourth-order valence-corrected chi connectivity index (χ4v) is 4.16. The number of benzene rings is 3. The molecule has 0 radical (unpaired) electrons. The summed E-state index contributed by atoms with van der Waals surface area (Å²) in [5.74, 6) is 0. The summed E-state index contributed by atoms with van der Waals surface area (Å²) in [6, 6.07) is 28.3. The number of nitrogens with zero attached hydrogens (tertiary/aromatic N) is 1. The first-order valence-electron chi connectivity index (χ1n) is 10.3. The molecule has 1 heteroatoms. The van der Waals surface area contributed by atoms with Crippen molar-refractivity contribution in [2.75, 3.05) is 0 Å². The second-order valence-corrected chi connectivity index (χ2v) is 8.47. The monoisotopic (exact) mass is 375 g/mol. The summed E-state index contributed by atoms with van der Waals surface area (Å²) in [6.45, 7) is 4.50. The van der Waals surface area contributed by atoms with E-state index in [9.17, 15) is 0 Å². The van der Waals surface area contributed by atoms with Crippen LogP contribution >= 0.6 is 0 Å². The van der Waals surface area contributed by atoms with E-state index in [2.05, 4.69) is 122 Å². The van der Waals surface area contributed by atoms with Gasteiger partial charge in [-0.05, 0) is 41.8 Å². The molecule has 0 unspecified atom stereocenters. The first-order valence-corrected chi connectivity index (χ1v) is 10.3. The minimum atomic E-state index is 0.0557. The van der Waals surface area contributed by atoms with Crippen molar-refractivity contribution in [2.24, 2.45) is 5.41 Å². The topological polar surface area (TPSA) is 4.93 Å². The van der Waals surface area contributed by atoms with Gasteiger partial charge in [0.1, 0.15) is 0 Å². The summed E-state index contributed by atoms with van der Waals surface area (Å²) >= 11 is 0. The first-order chi connectivity index (χ1) is 14.1. The Labute approximate surface area is 172 Å². The Kier molecular flexibility index (Phi) is 4.24. The smallest absolute Gasteiger partial charge is 0.0543 e. The molecule has 1 nitrogen and oxygen atoms in total. The Bertz CT molecular complexity index is 1220. The molecule has 0 saturated carbocycles. The normalized spacial score (nSPS) is 14.7. The van der Waals surface area contributed by atoms with Crippen LogP contribution in [0.15, 0.2) is 91.0 Å². The van der Waals surface area contributed by atoms with E-state index in [1.807, 2.05) is 0 Å². The highest BCUT2D eigenvalue weighted by atomic mass is 15.0. The van der Waals surface area contributed by atoms with Crippen LogP contribution in [0.5, 0.6) is 0 Å². The van der Waals surface area contributed by atoms with E-state index in [1.165, 1.54) is 39.0 Å². The first kappa shape index (κ1) is 17.8. The molecule has 0 N–H and O–H groups in total. The zero-order valence-electron chi connectivity index (χ0n) is 17.0. The molecule has 0 amide bonds. The maximum atomic E-state index is 2.40. The summed E-state index contributed by atoms with van der Waals surface area (Å²) in [6.07, 6.45) is 10.1. The highest BCUT2D eigenvalue weighted by Crippen LogP contribution is 2.36. The molecule has 4 aromatic rings. The van der Waals surface area contributed by atoms with Crippen molar-refractivity contribution in [3.63, 3.8) is 0 Å². The van der Waals surface area contributed by atoms with Crippen LogP contribution in [-0.2, 0) is 6.42 Å². The van der Waals surface area contributed by atoms with Crippen molar-refractivity contribution in [2.45, 2.75) is 20.3 Å². The van der Waals surface area contributed by atoms with E-state index in [-0.39, 0.29) is 5.41 Å². The maximum absolute atomic E-state index is 2.40. The highest BCUT2D eigenvalue weighted by Gasteiger charge is 2.20. The minimum absolute atomic E-state index is 0.0557. The van der Waals surface area contributed by atoms with E-state index in [4.69, 9.17) is 0 Å². The molecule has 29 heavy (non-hydrogen) atoms. The number of fused-ring (bicyclic) bond motifs is 3. The van der Waals surface area contributed by atoms with Crippen LogP contribution in [0.1, 0.15) is 36.2 Å². The summed E-state index contributed by atoms with van der Waals surface area (Å²) in [5.41, 5.74) is 7.76. The van der Waals surface area contributed by atoms with Gasteiger partial charge in [0, 0.05) is 22.1 Å². The van der Waals surface area contributed by atoms with Crippen LogP contribution in [0.4, 0.5) is 0 Å². The Balaban J connectivity index is 1.73. The lowest BCUT2D eigenvalue weighted by Gasteiger charge is -2.13. The number of aromatic nitrogens is 1. The van der Waals surface area contributed by atoms with Crippen molar-refractivity contribution in [1.29, 1.82) is 0 Å². The second kappa shape index (κ2) is 6.93. The summed E-state index contributed by atoms with van der Waals surface area (Å²) < 4.78 is 2.40. The Morgan fingerprint density at radius 1 is 0.724 bits per heavy atom. The van der Waals surface area contributed by atoms with Gasteiger partial charge in [-0.1, -0.05) is 92.7 Å². The molecule has 0 atom stereocenters. The number of allylic oxidation sites excluding steroid dienone is 2. The van der Waals surface area contributed by atoms with Crippen LogP contribution in [0.3, 0.4) is 0 Å². The van der Waals surface area contributed by atoms with Crippen LogP contribution in [0.2, 0.25) is 0 Å². The van der Waals surface area contributed by atoms with Crippen molar-refractivity contribution < 1.29 is 0 Å². The number of hydrogen-bond acceptors (Lipinski definition) is 0. The summed E-state index contributed by atoms with van der Waals surface area (Å²) in [7, 11) is 0. The Morgan fingerprint density at radius 2 is 1.41 bits per heavy atom. The van der Waals surface area contributed by atoms with Crippen molar-refractivity contribution in [1.82, 2.24) is 4.57 Å². The minimum Gasteiger partial charge on any atom is -0.309 e. The molecule has 0 spiro atoms. The predicted molar refractivity (Wildman–Crippen MR) is 124 cm³/mol. The second-order valence-electron chi connectivity index (χ2n) is 8.47. The van der Waals surface area contributed by atoms with E-state index in [0.29, 0.717) is 0 Å². The maximum Gasteiger partial charge on any atom is 0.0543 e. The Hall–Kier alpha value is -3.32. The lowest BCUT2D eigenvalue weighted by atomic mass is 9.93. The van der Waals surface area contributed by atoms with Crippen molar-refractivity contribution in [3.05, 3.63) is 113 Å². The molecule has 5 rings (SSSR count). The Morgan fingerprint density at radius 3 is 2.17 bits per heavy atom. The quantitative estimate of drug-likeness (QED) is 0.354.